The molecule has 2 aromatic rings. The number of ether oxygens (including phenoxy) is 1. The summed E-state index contributed by atoms with van der Waals surface area (Å²) in [7, 11) is 0. The lowest BCUT2D eigenvalue weighted by atomic mass is 10.1. The molecule has 1 aromatic heterocycles. The summed E-state index contributed by atoms with van der Waals surface area (Å²) < 4.78 is 5.72. The van der Waals surface area contributed by atoms with E-state index in [0.717, 1.165) is 24.5 Å². The van der Waals surface area contributed by atoms with Crippen LogP contribution in [0.2, 0.25) is 0 Å². The first-order chi connectivity index (χ1) is 11.7. The number of aromatic amines is 2. The molecule has 3 N–H and O–H groups in total. The van der Waals surface area contributed by atoms with Gasteiger partial charge in [-0.15, -0.1) is 0 Å². The van der Waals surface area contributed by atoms with E-state index >= 15 is 0 Å². The lowest BCUT2D eigenvalue weighted by Gasteiger charge is -2.08. The van der Waals surface area contributed by atoms with Crippen molar-refractivity contribution in [2.24, 2.45) is 0 Å². The van der Waals surface area contributed by atoms with E-state index in [-0.39, 0.29) is 0 Å². The molecule has 1 aromatic carbocycles. The van der Waals surface area contributed by atoms with Crippen molar-refractivity contribution >= 4 is 11.5 Å². The summed E-state index contributed by atoms with van der Waals surface area (Å²) in [6, 6.07) is 8.71. The van der Waals surface area contributed by atoms with Gasteiger partial charge in [0, 0.05) is 11.8 Å². The van der Waals surface area contributed by atoms with Crippen LogP contribution in [0, 0.1) is 0 Å². The molecular formula is C18H25N3O3. The quantitative estimate of drug-likeness (QED) is 0.581. The van der Waals surface area contributed by atoms with Crippen LogP contribution in [0.4, 0.5) is 11.5 Å². The van der Waals surface area contributed by atoms with Gasteiger partial charge in [0.15, 0.2) is 0 Å². The van der Waals surface area contributed by atoms with Gasteiger partial charge in [-0.25, -0.2) is 4.79 Å². The Kier molecular flexibility index (Phi) is 7.14. The van der Waals surface area contributed by atoms with Crippen LogP contribution in [0.5, 0.6) is 5.75 Å². The van der Waals surface area contributed by atoms with E-state index in [9.17, 15) is 9.59 Å². The molecule has 0 saturated carbocycles. The van der Waals surface area contributed by atoms with Gasteiger partial charge in [-0.2, -0.15) is 0 Å². The molecule has 0 saturated heterocycles. The van der Waals surface area contributed by atoms with Crippen LogP contribution in [0.15, 0.2) is 39.9 Å². The summed E-state index contributed by atoms with van der Waals surface area (Å²) in [5, 5.41) is 2.98. The molecule has 0 spiro atoms. The van der Waals surface area contributed by atoms with Crippen LogP contribution < -0.4 is 21.3 Å². The van der Waals surface area contributed by atoms with Crippen molar-refractivity contribution in [3.63, 3.8) is 0 Å². The summed E-state index contributed by atoms with van der Waals surface area (Å²) in [6.07, 6.45) is 7.43. The highest BCUT2D eigenvalue weighted by Crippen LogP contribution is 2.18. The summed E-state index contributed by atoms with van der Waals surface area (Å²) in [5.74, 6) is 1.16. The molecule has 0 fully saturated rings. The fourth-order valence-corrected chi connectivity index (χ4v) is 2.40. The average molecular weight is 331 g/mol. The Morgan fingerprint density at radius 1 is 0.958 bits per heavy atom. The second kappa shape index (κ2) is 9.60. The van der Waals surface area contributed by atoms with Crippen LogP contribution >= 0.6 is 0 Å². The Bertz CT molecular complexity index is 691. The van der Waals surface area contributed by atoms with E-state index in [1.165, 1.54) is 38.2 Å². The minimum atomic E-state index is -0.538. The third kappa shape index (κ3) is 6.32. The number of nitrogens with one attached hydrogen (secondary N) is 3. The summed E-state index contributed by atoms with van der Waals surface area (Å²) in [6.45, 7) is 2.94. The van der Waals surface area contributed by atoms with E-state index < -0.39 is 11.2 Å². The lowest BCUT2D eigenvalue weighted by molar-refractivity contribution is 0.304. The Labute approximate surface area is 141 Å². The Hall–Kier alpha value is -2.50. The molecule has 0 bridgehead atoms. The van der Waals surface area contributed by atoms with Crippen LogP contribution in [-0.4, -0.2) is 16.6 Å². The number of aromatic nitrogens is 2. The van der Waals surface area contributed by atoms with Crippen LogP contribution in [-0.2, 0) is 0 Å². The third-order valence-electron chi connectivity index (χ3n) is 3.66. The summed E-state index contributed by atoms with van der Waals surface area (Å²) in [5.41, 5.74) is -0.216. The van der Waals surface area contributed by atoms with Crippen molar-refractivity contribution in [3.05, 3.63) is 51.2 Å². The predicted molar refractivity (Wildman–Crippen MR) is 96.3 cm³/mol. The van der Waals surface area contributed by atoms with Crippen molar-refractivity contribution < 1.29 is 4.74 Å². The number of anilines is 2. The molecule has 0 atom stereocenters. The molecular weight excluding hydrogens is 306 g/mol. The number of benzene rings is 1. The largest absolute Gasteiger partial charge is 0.494 e. The van der Waals surface area contributed by atoms with Gasteiger partial charge in [0.05, 0.1) is 6.61 Å². The van der Waals surface area contributed by atoms with Gasteiger partial charge >= 0.3 is 5.69 Å². The van der Waals surface area contributed by atoms with E-state index in [0.29, 0.717) is 5.82 Å². The average Bonchev–Trinajstić information content (AvgIpc) is 2.54. The smallest absolute Gasteiger partial charge is 0.327 e. The first-order valence-corrected chi connectivity index (χ1v) is 8.51. The van der Waals surface area contributed by atoms with Gasteiger partial charge < -0.3 is 10.1 Å². The molecule has 6 heteroatoms. The van der Waals surface area contributed by atoms with Gasteiger partial charge in [-0.1, -0.05) is 39.0 Å². The zero-order chi connectivity index (χ0) is 17.2. The maximum absolute atomic E-state index is 11.2. The number of rotatable bonds is 10. The monoisotopic (exact) mass is 331 g/mol. The zero-order valence-corrected chi connectivity index (χ0v) is 14.1. The Balaban J connectivity index is 1.76. The van der Waals surface area contributed by atoms with Gasteiger partial charge in [0.1, 0.15) is 11.6 Å². The zero-order valence-electron chi connectivity index (χ0n) is 14.1. The van der Waals surface area contributed by atoms with Gasteiger partial charge in [0.25, 0.3) is 5.56 Å². The summed E-state index contributed by atoms with van der Waals surface area (Å²) in [4.78, 5) is 27.1. The van der Waals surface area contributed by atoms with Crippen molar-refractivity contribution in [3.8, 4) is 5.75 Å². The maximum atomic E-state index is 11.2. The fourth-order valence-electron chi connectivity index (χ4n) is 2.40. The number of unbranched alkanes of at least 4 members (excludes halogenated alkanes) is 5. The van der Waals surface area contributed by atoms with Crippen LogP contribution in [0.3, 0.4) is 0 Å². The maximum Gasteiger partial charge on any atom is 0.327 e. The van der Waals surface area contributed by atoms with Crippen LogP contribution in [0.25, 0.3) is 0 Å². The minimum absolute atomic E-state index is 0.351. The Morgan fingerprint density at radius 2 is 1.67 bits per heavy atom. The third-order valence-corrected chi connectivity index (χ3v) is 3.66. The lowest BCUT2D eigenvalue weighted by Crippen LogP contribution is -2.22. The highest BCUT2D eigenvalue weighted by atomic mass is 16.5. The summed E-state index contributed by atoms with van der Waals surface area (Å²) >= 11 is 0. The number of H-pyrrole nitrogens is 2. The van der Waals surface area contributed by atoms with E-state index in [4.69, 9.17) is 4.74 Å². The highest BCUT2D eigenvalue weighted by molar-refractivity contribution is 5.56. The molecule has 130 valence electrons. The van der Waals surface area contributed by atoms with Gasteiger partial charge in [-0.05, 0) is 30.7 Å². The van der Waals surface area contributed by atoms with E-state index in [1.807, 2.05) is 24.3 Å². The second-order valence-electron chi connectivity index (χ2n) is 5.77. The van der Waals surface area contributed by atoms with Crippen molar-refractivity contribution in [1.82, 2.24) is 9.97 Å². The SMILES string of the molecule is CCCCCCCCOc1ccc(Nc2cc(=O)[nH]c(=O)[nH]2)cc1. The van der Waals surface area contributed by atoms with Gasteiger partial charge in [-0.3, -0.25) is 14.8 Å². The molecule has 1 heterocycles. The predicted octanol–water partition coefficient (Wildman–Crippen LogP) is 3.55. The Morgan fingerprint density at radius 3 is 2.38 bits per heavy atom. The molecule has 6 nitrogen and oxygen atoms in total. The molecule has 0 aliphatic carbocycles. The van der Waals surface area contributed by atoms with Crippen molar-refractivity contribution in [2.75, 3.05) is 11.9 Å². The normalized spacial score (nSPS) is 10.5. The first-order valence-electron chi connectivity index (χ1n) is 8.51. The van der Waals surface area contributed by atoms with E-state index in [2.05, 4.69) is 22.2 Å². The standard InChI is InChI=1S/C18H25N3O3/c1-2-3-4-5-6-7-12-24-15-10-8-14(9-11-15)19-16-13-17(22)21-18(23)20-16/h8-11,13H,2-7,12H2,1H3,(H3,19,20,21,22,23). The van der Waals surface area contributed by atoms with E-state index in [1.54, 1.807) is 0 Å². The minimum Gasteiger partial charge on any atom is -0.494 e. The van der Waals surface area contributed by atoms with Crippen LogP contribution in [0.1, 0.15) is 45.4 Å². The van der Waals surface area contributed by atoms with Gasteiger partial charge in [0.2, 0.25) is 0 Å². The van der Waals surface area contributed by atoms with Crippen molar-refractivity contribution in [2.45, 2.75) is 45.4 Å². The molecule has 0 radical (unpaired) electrons. The molecule has 0 aliphatic rings. The second-order valence-corrected chi connectivity index (χ2v) is 5.77. The number of hydrogen-bond acceptors (Lipinski definition) is 4. The molecule has 0 unspecified atom stereocenters. The number of hydrogen-bond donors (Lipinski definition) is 3. The molecule has 24 heavy (non-hydrogen) atoms. The molecule has 0 amide bonds. The molecule has 2 rings (SSSR count). The topological polar surface area (TPSA) is 87.0 Å². The first kappa shape index (κ1) is 17.8. The fraction of sp³-hybridized carbons (Fsp3) is 0.444. The molecule has 0 aliphatic heterocycles. The highest BCUT2D eigenvalue weighted by Gasteiger charge is 1.99. The van der Waals surface area contributed by atoms with Crippen molar-refractivity contribution in [1.29, 1.82) is 0 Å².